The van der Waals surface area contributed by atoms with E-state index in [1.54, 1.807) is 0 Å². The van der Waals surface area contributed by atoms with Crippen molar-refractivity contribution in [3.05, 3.63) is 0 Å². The molecule has 1 aliphatic carbocycles. The van der Waals surface area contributed by atoms with Crippen LogP contribution in [0.5, 0.6) is 0 Å². The second-order valence-electron chi connectivity index (χ2n) is 4.97. The summed E-state index contributed by atoms with van der Waals surface area (Å²) >= 11 is 0. The predicted molar refractivity (Wildman–Crippen MR) is 54.3 cm³/mol. The summed E-state index contributed by atoms with van der Waals surface area (Å²) in [7, 11) is 2.21. The zero-order valence-electron chi connectivity index (χ0n) is 9.06. The quantitative estimate of drug-likeness (QED) is 0.625. The lowest BCUT2D eigenvalue weighted by molar-refractivity contribution is 0.0665. The molecule has 1 heteroatoms. The van der Waals surface area contributed by atoms with E-state index in [1.165, 1.54) is 32.4 Å². The van der Waals surface area contributed by atoms with Crippen LogP contribution >= 0.6 is 0 Å². The summed E-state index contributed by atoms with van der Waals surface area (Å²) in [4.78, 5) is 2.41. The van der Waals surface area contributed by atoms with Crippen LogP contribution in [-0.4, -0.2) is 25.0 Å². The molecule has 0 aliphatic heterocycles. The van der Waals surface area contributed by atoms with Gasteiger partial charge in [0.25, 0.3) is 0 Å². The Morgan fingerprint density at radius 2 is 2.00 bits per heavy atom. The van der Waals surface area contributed by atoms with Gasteiger partial charge < -0.3 is 4.90 Å². The molecule has 0 unspecified atom stereocenters. The highest BCUT2D eigenvalue weighted by Gasteiger charge is 2.36. The Morgan fingerprint density at radius 3 is 2.42 bits per heavy atom. The van der Waals surface area contributed by atoms with Crippen LogP contribution in [-0.2, 0) is 0 Å². The van der Waals surface area contributed by atoms with Crippen molar-refractivity contribution in [2.24, 2.45) is 11.3 Å². The Hall–Kier alpha value is -0.0400. The summed E-state index contributed by atoms with van der Waals surface area (Å²) < 4.78 is 0. The molecule has 1 fully saturated rings. The first-order valence-corrected chi connectivity index (χ1v) is 5.24. The van der Waals surface area contributed by atoms with Gasteiger partial charge in [0.1, 0.15) is 0 Å². The van der Waals surface area contributed by atoms with Crippen molar-refractivity contribution in [2.45, 2.75) is 40.0 Å². The summed E-state index contributed by atoms with van der Waals surface area (Å²) in [5.41, 5.74) is 0.683. The molecule has 0 bridgehead atoms. The Labute approximate surface area is 77.1 Å². The van der Waals surface area contributed by atoms with Crippen molar-refractivity contribution < 1.29 is 0 Å². The second-order valence-corrected chi connectivity index (χ2v) is 4.97. The summed E-state index contributed by atoms with van der Waals surface area (Å²) in [6.07, 6.45) is 4.29. The van der Waals surface area contributed by atoms with Crippen LogP contribution in [0.25, 0.3) is 0 Å². The van der Waals surface area contributed by atoms with Gasteiger partial charge in [-0.3, -0.25) is 0 Å². The Morgan fingerprint density at radius 1 is 1.42 bits per heavy atom. The fraction of sp³-hybridized carbons (Fsp3) is 1.00. The third-order valence-electron chi connectivity index (χ3n) is 3.32. The topological polar surface area (TPSA) is 3.24 Å². The third kappa shape index (κ3) is 2.48. The Kier molecular flexibility index (Phi) is 3.16. The summed E-state index contributed by atoms with van der Waals surface area (Å²) in [5.74, 6) is 0.988. The largest absolute Gasteiger partial charge is 0.307 e. The van der Waals surface area contributed by atoms with Gasteiger partial charge in [0.2, 0.25) is 0 Å². The third-order valence-corrected chi connectivity index (χ3v) is 3.32. The highest BCUT2D eigenvalue weighted by atomic mass is 15.1. The molecule has 0 aromatic heterocycles. The van der Waals surface area contributed by atoms with Crippen LogP contribution in [0.2, 0.25) is 0 Å². The van der Waals surface area contributed by atoms with Gasteiger partial charge in [-0.1, -0.05) is 20.8 Å². The van der Waals surface area contributed by atoms with Crippen molar-refractivity contribution in [2.75, 3.05) is 20.1 Å². The maximum Gasteiger partial charge on any atom is -0.00167 e. The molecule has 0 N–H and O–H groups in total. The van der Waals surface area contributed by atoms with Crippen molar-refractivity contribution >= 4 is 0 Å². The van der Waals surface area contributed by atoms with Gasteiger partial charge in [-0.25, -0.2) is 0 Å². The molecule has 1 saturated carbocycles. The Balaban J connectivity index is 2.15. The summed E-state index contributed by atoms with van der Waals surface area (Å²) in [5, 5.41) is 0. The molecule has 0 aromatic carbocycles. The van der Waals surface area contributed by atoms with Crippen molar-refractivity contribution in [1.29, 1.82) is 0 Å². The van der Waals surface area contributed by atoms with Crippen LogP contribution in [0.1, 0.15) is 40.0 Å². The molecule has 0 amide bonds. The van der Waals surface area contributed by atoms with Crippen LogP contribution in [0.4, 0.5) is 0 Å². The van der Waals surface area contributed by atoms with E-state index in [-0.39, 0.29) is 0 Å². The normalized spacial score (nSPS) is 35.2. The smallest absolute Gasteiger partial charge is 0.00167 e. The van der Waals surface area contributed by atoms with Gasteiger partial charge in [-0.2, -0.15) is 0 Å². The fourth-order valence-corrected chi connectivity index (χ4v) is 2.45. The van der Waals surface area contributed by atoms with E-state index in [1.807, 2.05) is 0 Å². The van der Waals surface area contributed by atoms with E-state index in [4.69, 9.17) is 0 Å². The van der Waals surface area contributed by atoms with Gasteiger partial charge in [0, 0.05) is 0 Å². The zero-order valence-corrected chi connectivity index (χ0v) is 9.06. The summed E-state index contributed by atoms with van der Waals surface area (Å²) in [6.45, 7) is 9.50. The minimum absolute atomic E-state index is 0.683. The van der Waals surface area contributed by atoms with Crippen LogP contribution < -0.4 is 0 Å². The van der Waals surface area contributed by atoms with Crippen LogP contribution in [0.3, 0.4) is 0 Å². The highest BCUT2D eigenvalue weighted by molar-refractivity contribution is 4.88. The van der Waals surface area contributed by atoms with Crippen LogP contribution in [0.15, 0.2) is 0 Å². The molecule has 1 aliphatic rings. The molecule has 1 nitrogen and oxygen atoms in total. The lowest BCUT2D eigenvalue weighted by atomic mass is 9.62. The molecular formula is C11H23N. The molecule has 0 heterocycles. The van der Waals surface area contributed by atoms with Crippen molar-refractivity contribution in [1.82, 2.24) is 4.90 Å². The van der Waals surface area contributed by atoms with Crippen molar-refractivity contribution in [3.63, 3.8) is 0 Å². The van der Waals surface area contributed by atoms with E-state index in [0.717, 1.165) is 5.92 Å². The second kappa shape index (κ2) is 3.78. The molecule has 0 spiro atoms. The molecule has 72 valence electrons. The first-order valence-electron chi connectivity index (χ1n) is 5.24. The zero-order chi connectivity index (χ0) is 9.19. The van der Waals surface area contributed by atoms with E-state index in [2.05, 4.69) is 32.7 Å². The summed E-state index contributed by atoms with van der Waals surface area (Å²) in [6, 6.07) is 0. The molecule has 0 aromatic rings. The molecule has 1 rings (SSSR count). The van der Waals surface area contributed by atoms with Gasteiger partial charge in [0.15, 0.2) is 0 Å². The van der Waals surface area contributed by atoms with E-state index >= 15 is 0 Å². The standard InChI is InChI=1S/C11H23N/c1-5-12(4)7-6-11(3)8-10(2)9-11/h10H,5-9H2,1-4H3. The van der Waals surface area contributed by atoms with Gasteiger partial charge in [-0.15, -0.1) is 0 Å². The lowest BCUT2D eigenvalue weighted by Crippen LogP contribution is -2.36. The van der Waals surface area contributed by atoms with E-state index in [0.29, 0.717) is 5.41 Å². The molecule has 12 heavy (non-hydrogen) atoms. The number of hydrogen-bond acceptors (Lipinski definition) is 1. The Bertz CT molecular complexity index is 136. The first-order chi connectivity index (χ1) is 5.56. The predicted octanol–water partition coefficient (Wildman–Crippen LogP) is 2.76. The van der Waals surface area contributed by atoms with E-state index < -0.39 is 0 Å². The maximum atomic E-state index is 2.44. The molecule has 0 atom stereocenters. The van der Waals surface area contributed by atoms with Crippen LogP contribution in [0, 0.1) is 11.3 Å². The SMILES string of the molecule is CCN(C)CCC1(C)CC(C)C1. The molecular weight excluding hydrogens is 146 g/mol. The minimum Gasteiger partial charge on any atom is -0.307 e. The lowest BCUT2D eigenvalue weighted by Gasteiger charge is -2.44. The average Bonchev–Trinajstić information content (AvgIpc) is 1.98. The van der Waals surface area contributed by atoms with Gasteiger partial charge in [0.05, 0.1) is 0 Å². The van der Waals surface area contributed by atoms with Gasteiger partial charge in [-0.05, 0) is 50.7 Å². The number of rotatable bonds is 4. The fourth-order valence-electron chi connectivity index (χ4n) is 2.45. The van der Waals surface area contributed by atoms with Gasteiger partial charge >= 0.3 is 0 Å². The highest BCUT2D eigenvalue weighted by Crippen LogP contribution is 2.47. The molecule has 0 saturated heterocycles. The minimum atomic E-state index is 0.683. The maximum absolute atomic E-state index is 2.44. The monoisotopic (exact) mass is 169 g/mol. The average molecular weight is 169 g/mol. The number of nitrogens with zero attached hydrogens (tertiary/aromatic N) is 1. The number of hydrogen-bond donors (Lipinski definition) is 0. The van der Waals surface area contributed by atoms with Crippen molar-refractivity contribution in [3.8, 4) is 0 Å². The first kappa shape index (κ1) is 10.0. The van der Waals surface area contributed by atoms with E-state index in [9.17, 15) is 0 Å². The molecule has 0 radical (unpaired) electrons.